The number of hydrogen-bond acceptors (Lipinski definition) is 3. The molecule has 0 aliphatic heterocycles. The van der Waals surface area contributed by atoms with E-state index in [-0.39, 0.29) is 0 Å². The van der Waals surface area contributed by atoms with E-state index in [1.54, 1.807) is 0 Å². The van der Waals surface area contributed by atoms with Crippen molar-refractivity contribution in [2.75, 3.05) is 6.26 Å². The highest BCUT2D eigenvalue weighted by molar-refractivity contribution is 7.99. The molecule has 3 unspecified atom stereocenters. The second-order valence-electron chi connectivity index (χ2n) is 6.22. The molecule has 20 heavy (non-hydrogen) atoms. The molecule has 2 aliphatic carbocycles. The van der Waals surface area contributed by atoms with Gasteiger partial charge >= 0.3 is 0 Å². The van der Waals surface area contributed by atoms with E-state index in [0.717, 1.165) is 11.7 Å². The van der Waals surface area contributed by atoms with Crippen molar-refractivity contribution in [1.29, 1.82) is 0 Å². The van der Waals surface area contributed by atoms with Gasteiger partial charge in [-0.15, -0.1) is 0 Å². The zero-order valence-corrected chi connectivity index (χ0v) is 13.1. The van der Waals surface area contributed by atoms with E-state index >= 15 is 0 Å². The van der Waals surface area contributed by atoms with E-state index in [1.807, 2.05) is 23.9 Å². The minimum Gasteiger partial charge on any atom is -0.508 e. The first kappa shape index (κ1) is 14.3. The number of aryl methyl sites for hydroxylation is 1. The lowest BCUT2D eigenvalue weighted by molar-refractivity contribution is 0.325. The number of aromatic hydroxyl groups is 1. The molecule has 2 nitrogen and oxygen atoms in total. The summed E-state index contributed by atoms with van der Waals surface area (Å²) in [5.74, 6) is 0.406. The highest BCUT2D eigenvalue weighted by Crippen LogP contribution is 2.34. The van der Waals surface area contributed by atoms with Crippen LogP contribution in [0.5, 0.6) is 5.75 Å². The number of rotatable bonds is 3. The van der Waals surface area contributed by atoms with Crippen molar-refractivity contribution in [3.63, 3.8) is 0 Å². The van der Waals surface area contributed by atoms with Crippen LogP contribution in [-0.2, 0) is 6.42 Å². The summed E-state index contributed by atoms with van der Waals surface area (Å²) >= 11 is 2.02. The lowest BCUT2D eigenvalue weighted by atomic mass is 9.85. The number of hydrogen-bond donors (Lipinski definition) is 2. The Kier molecular flexibility index (Phi) is 4.57. The van der Waals surface area contributed by atoms with Gasteiger partial charge in [-0.1, -0.05) is 12.5 Å². The molecular weight excluding hydrogens is 266 g/mol. The molecule has 2 aliphatic rings. The Balaban J connectivity index is 1.71. The Morgan fingerprint density at radius 1 is 1.20 bits per heavy atom. The summed E-state index contributed by atoms with van der Waals surface area (Å²) in [4.78, 5) is 0. The van der Waals surface area contributed by atoms with Gasteiger partial charge in [0.2, 0.25) is 0 Å². The van der Waals surface area contributed by atoms with Crippen molar-refractivity contribution in [3.05, 3.63) is 29.3 Å². The molecular formula is C17H25NOS. The molecule has 1 fully saturated rings. The Hall–Kier alpha value is -0.670. The molecule has 0 amide bonds. The summed E-state index contributed by atoms with van der Waals surface area (Å²) in [6.07, 6.45) is 11.2. The van der Waals surface area contributed by atoms with Crippen molar-refractivity contribution in [1.82, 2.24) is 5.32 Å². The molecule has 0 saturated heterocycles. The fourth-order valence-electron chi connectivity index (χ4n) is 3.75. The van der Waals surface area contributed by atoms with Crippen LogP contribution in [0.25, 0.3) is 0 Å². The van der Waals surface area contributed by atoms with Gasteiger partial charge in [0.05, 0.1) is 0 Å². The van der Waals surface area contributed by atoms with Gasteiger partial charge < -0.3 is 10.4 Å². The molecule has 0 heterocycles. The molecule has 1 aromatic carbocycles. The predicted octanol–water partition coefficient (Wildman–Crippen LogP) is 4.03. The van der Waals surface area contributed by atoms with Crippen LogP contribution in [0.15, 0.2) is 18.2 Å². The van der Waals surface area contributed by atoms with Crippen LogP contribution >= 0.6 is 11.8 Å². The maximum atomic E-state index is 9.76. The third-order valence-corrected chi connectivity index (χ3v) is 5.93. The van der Waals surface area contributed by atoms with Gasteiger partial charge in [-0.3, -0.25) is 0 Å². The summed E-state index contributed by atoms with van der Waals surface area (Å²) in [7, 11) is 0. The molecule has 0 spiro atoms. The van der Waals surface area contributed by atoms with E-state index in [1.165, 1.54) is 49.7 Å². The number of benzene rings is 1. The molecule has 1 saturated carbocycles. The van der Waals surface area contributed by atoms with Crippen LogP contribution in [-0.4, -0.2) is 22.7 Å². The Morgan fingerprint density at radius 3 is 2.95 bits per heavy atom. The molecule has 2 N–H and O–H groups in total. The zero-order valence-electron chi connectivity index (χ0n) is 12.3. The third-order valence-electron chi connectivity index (χ3n) is 4.84. The molecule has 0 bridgehead atoms. The average Bonchev–Trinajstić information content (AvgIpc) is 2.48. The fraction of sp³-hybridized carbons (Fsp3) is 0.647. The lowest BCUT2D eigenvalue weighted by Crippen LogP contribution is -2.38. The largest absolute Gasteiger partial charge is 0.508 e. The molecule has 3 heteroatoms. The molecule has 0 radical (unpaired) electrons. The molecule has 0 aromatic heterocycles. The average molecular weight is 291 g/mol. The first-order valence-corrected chi connectivity index (χ1v) is 9.15. The van der Waals surface area contributed by atoms with E-state index < -0.39 is 0 Å². The minimum atomic E-state index is 0.406. The van der Waals surface area contributed by atoms with Crippen LogP contribution in [0.4, 0.5) is 0 Å². The zero-order chi connectivity index (χ0) is 13.9. The number of nitrogens with one attached hydrogen (secondary N) is 1. The highest BCUT2D eigenvalue weighted by atomic mass is 32.2. The van der Waals surface area contributed by atoms with E-state index in [0.29, 0.717) is 17.8 Å². The van der Waals surface area contributed by atoms with Gasteiger partial charge in [-0.05, 0) is 68.0 Å². The standard InChI is InChI=1S/C17H25NOS/c1-20-15-6-3-5-13(10-15)18-17-7-2-4-12-8-9-14(19)11-16(12)17/h8-9,11,13,15,17-19H,2-7,10H2,1H3. The SMILES string of the molecule is CSC1CCCC(NC2CCCc3ccc(O)cc32)C1. The summed E-state index contributed by atoms with van der Waals surface area (Å²) in [6.45, 7) is 0. The second-order valence-corrected chi connectivity index (χ2v) is 7.35. The lowest BCUT2D eigenvalue weighted by Gasteiger charge is -2.34. The fourth-order valence-corrected chi connectivity index (χ4v) is 4.58. The van der Waals surface area contributed by atoms with Gasteiger partial charge in [0.1, 0.15) is 5.75 Å². The summed E-state index contributed by atoms with van der Waals surface area (Å²) < 4.78 is 0. The summed E-state index contributed by atoms with van der Waals surface area (Å²) in [5, 5.41) is 14.5. The number of thioether (sulfide) groups is 1. The highest BCUT2D eigenvalue weighted by Gasteiger charge is 2.26. The van der Waals surface area contributed by atoms with E-state index in [4.69, 9.17) is 0 Å². The van der Waals surface area contributed by atoms with Crippen LogP contribution in [0.1, 0.15) is 55.7 Å². The first-order chi connectivity index (χ1) is 9.76. The van der Waals surface area contributed by atoms with Gasteiger partial charge in [-0.2, -0.15) is 11.8 Å². The van der Waals surface area contributed by atoms with Gasteiger partial charge in [-0.25, -0.2) is 0 Å². The number of phenols is 1. The monoisotopic (exact) mass is 291 g/mol. The van der Waals surface area contributed by atoms with E-state index in [9.17, 15) is 5.11 Å². The van der Waals surface area contributed by atoms with Crippen LogP contribution < -0.4 is 5.32 Å². The van der Waals surface area contributed by atoms with Gasteiger partial charge in [0.15, 0.2) is 0 Å². The van der Waals surface area contributed by atoms with Crippen molar-refractivity contribution in [3.8, 4) is 5.75 Å². The second kappa shape index (κ2) is 6.40. The number of fused-ring (bicyclic) bond motifs is 1. The topological polar surface area (TPSA) is 32.3 Å². The minimum absolute atomic E-state index is 0.406. The van der Waals surface area contributed by atoms with Crippen molar-refractivity contribution in [2.45, 2.75) is 62.3 Å². The van der Waals surface area contributed by atoms with Gasteiger partial charge in [0.25, 0.3) is 0 Å². The molecule has 110 valence electrons. The normalized spacial score (nSPS) is 29.9. The smallest absolute Gasteiger partial charge is 0.115 e. The molecule has 3 atom stereocenters. The van der Waals surface area contributed by atoms with Crippen molar-refractivity contribution >= 4 is 11.8 Å². The maximum absolute atomic E-state index is 9.76. The molecule has 1 aromatic rings. The Morgan fingerprint density at radius 2 is 2.10 bits per heavy atom. The van der Waals surface area contributed by atoms with Crippen molar-refractivity contribution < 1.29 is 5.11 Å². The quantitative estimate of drug-likeness (QED) is 0.882. The summed E-state index contributed by atoms with van der Waals surface area (Å²) in [5.41, 5.74) is 2.76. The Bertz CT molecular complexity index is 462. The van der Waals surface area contributed by atoms with Crippen LogP contribution in [0.3, 0.4) is 0 Å². The summed E-state index contributed by atoms with van der Waals surface area (Å²) in [6, 6.07) is 6.99. The maximum Gasteiger partial charge on any atom is 0.115 e. The van der Waals surface area contributed by atoms with E-state index in [2.05, 4.69) is 17.6 Å². The van der Waals surface area contributed by atoms with Crippen LogP contribution in [0, 0.1) is 0 Å². The Labute approximate surface area is 126 Å². The third kappa shape index (κ3) is 3.15. The van der Waals surface area contributed by atoms with Crippen molar-refractivity contribution in [2.24, 2.45) is 0 Å². The first-order valence-electron chi connectivity index (χ1n) is 7.87. The van der Waals surface area contributed by atoms with Crippen LogP contribution in [0.2, 0.25) is 0 Å². The predicted molar refractivity (Wildman–Crippen MR) is 86.5 cm³/mol. The van der Waals surface area contributed by atoms with Gasteiger partial charge in [0, 0.05) is 17.3 Å². The number of phenolic OH excluding ortho intramolecular Hbond substituents is 1. The molecule has 3 rings (SSSR count).